The van der Waals surface area contributed by atoms with E-state index in [2.05, 4.69) is 34.3 Å². The predicted octanol–water partition coefficient (Wildman–Crippen LogP) is -0.263. The predicted molar refractivity (Wildman–Crippen MR) is 77.1 cm³/mol. The monoisotopic (exact) mass is 268 g/mol. The lowest BCUT2D eigenvalue weighted by atomic mass is 10.1. The largest absolute Gasteiger partial charge is 0.354 e. The van der Waals surface area contributed by atoms with Crippen LogP contribution in [-0.2, 0) is 4.79 Å². The van der Waals surface area contributed by atoms with Crippen LogP contribution in [0.25, 0.3) is 0 Å². The van der Waals surface area contributed by atoms with Gasteiger partial charge in [0.25, 0.3) is 0 Å². The van der Waals surface area contributed by atoms with E-state index in [1.54, 1.807) is 0 Å². The molecule has 0 spiro atoms. The van der Waals surface area contributed by atoms with Crippen LogP contribution in [0.15, 0.2) is 0 Å². The van der Waals surface area contributed by atoms with E-state index in [-0.39, 0.29) is 11.9 Å². The molecule has 1 amide bonds. The molecule has 0 bridgehead atoms. The molecule has 0 aromatic rings. The van der Waals surface area contributed by atoms with Gasteiger partial charge >= 0.3 is 0 Å². The molecule has 2 N–H and O–H groups in total. The van der Waals surface area contributed by atoms with Crippen LogP contribution >= 0.6 is 0 Å². The number of hydrogen-bond acceptors (Lipinski definition) is 4. The highest BCUT2D eigenvalue weighted by Crippen LogP contribution is 2.11. The Bertz CT molecular complexity index is 296. The van der Waals surface area contributed by atoms with Gasteiger partial charge in [-0.3, -0.25) is 14.6 Å². The lowest BCUT2D eigenvalue weighted by Gasteiger charge is -2.44. The SMILES string of the molecule is CC(C)CNC(=O)C(C)N1CCN(C2CNC2)CC1. The Labute approximate surface area is 116 Å². The van der Waals surface area contributed by atoms with Gasteiger partial charge in [-0.2, -0.15) is 0 Å². The zero-order valence-corrected chi connectivity index (χ0v) is 12.5. The summed E-state index contributed by atoms with van der Waals surface area (Å²) in [6, 6.07) is 0.729. The molecule has 0 aromatic carbocycles. The van der Waals surface area contributed by atoms with E-state index in [1.807, 2.05) is 6.92 Å². The molecule has 1 atom stereocenters. The molecule has 2 aliphatic rings. The summed E-state index contributed by atoms with van der Waals surface area (Å²) >= 11 is 0. The molecule has 2 fully saturated rings. The van der Waals surface area contributed by atoms with Crippen LogP contribution in [0.4, 0.5) is 0 Å². The molecule has 2 rings (SSSR count). The van der Waals surface area contributed by atoms with Crippen molar-refractivity contribution < 1.29 is 4.79 Å². The molecular weight excluding hydrogens is 240 g/mol. The Hall–Kier alpha value is -0.650. The number of rotatable bonds is 5. The first-order chi connectivity index (χ1) is 9.08. The van der Waals surface area contributed by atoms with Crippen LogP contribution < -0.4 is 10.6 Å². The minimum absolute atomic E-state index is 0.000385. The van der Waals surface area contributed by atoms with Crippen molar-refractivity contribution in [1.29, 1.82) is 0 Å². The van der Waals surface area contributed by atoms with Crippen molar-refractivity contribution in [2.24, 2.45) is 5.92 Å². The number of piperazine rings is 1. The molecule has 0 aromatic heterocycles. The molecule has 19 heavy (non-hydrogen) atoms. The average molecular weight is 268 g/mol. The van der Waals surface area contributed by atoms with Gasteiger partial charge in [0.2, 0.25) is 5.91 Å². The van der Waals surface area contributed by atoms with Crippen LogP contribution in [-0.4, -0.2) is 73.6 Å². The van der Waals surface area contributed by atoms with E-state index < -0.39 is 0 Å². The Balaban J connectivity index is 1.71. The summed E-state index contributed by atoms with van der Waals surface area (Å²) in [6.45, 7) is 13.5. The van der Waals surface area contributed by atoms with E-state index in [0.717, 1.165) is 51.9 Å². The molecule has 5 heteroatoms. The highest BCUT2D eigenvalue weighted by molar-refractivity contribution is 5.81. The molecule has 2 saturated heterocycles. The van der Waals surface area contributed by atoms with Gasteiger partial charge in [0, 0.05) is 51.9 Å². The standard InChI is InChI=1S/C14H28N4O/c1-11(2)8-16-14(19)12(3)17-4-6-18(7-5-17)13-9-15-10-13/h11-13,15H,4-10H2,1-3H3,(H,16,19). The Kier molecular flexibility index (Phi) is 5.19. The summed E-state index contributed by atoms with van der Waals surface area (Å²) in [5, 5.41) is 6.35. The van der Waals surface area contributed by atoms with Gasteiger partial charge in [-0.05, 0) is 12.8 Å². The van der Waals surface area contributed by atoms with E-state index in [1.165, 1.54) is 0 Å². The molecule has 0 saturated carbocycles. The van der Waals surface area contributed by atoms with Crippen LogP contribution in [0.1, 0.15) is 20.8 Å². The van der Waals surface area contributed by atoms with Gasteiger partial charge in [0.15, 0.2) is 0 Å². The maximum atomic E-state index is 12.1. The summed E-state index contributed by atoms with van der Waals surface area (Å²) in [7, 11) is 0. The van der Waals surface area contributed by atoms with Gasteiger partial charge in [-0.15, -0.1) is 0 Å². The molecule has 5 nitrogen and oxygen atoms in total. The van der Waals surface area contributed by atoms with Crippen molar-refractivity contribution >= 4 is 5.91 Å². The lowest BCUT2D eigenvalue weighted by Crippen LogP contribution is -2.63. The number of nitrogens with zero attached hydrogens (tertiary/aromatic N) is 2. The Morgan fingerprint density at radius 1 is 1.21 bits per heavy atom. The van der Waals surface area contributed by atoms with Crippen LogP contribution in [0.3, 0.4) is 0 Å². The fourth-order valence-electron chi connectivity index (χ4n) is 2.64. The molecule has 2 aliphatic heterocycles. The van der Waals surface area contributed by atoms with E-state index in [9.17, 15) is 4.79 Å². The fraction of sp³-hybridized carbons (Fsp3) is 0.929. The Morgan fingerprint density at radius 2 is 1.84 bits per heavy atom. The van der Waals surface area contributed by atoms with Gasteiger partial charge in [-0.25, -0.2) is 0 Å². The summed E-state index contributed by atoms with van der Waals surface area (Å²) in [5.74, 6) is 0.687. The first kappa shape index (κ1) is 14.8. The first-order valence-corrected chi connectivity index (χ1v) is 7.54. The van der Waals surface area contributed by atoms with E-state index in [4.69, 9.17) is 0 Å². The van der Waals surface area contributed by atoms with Crippen molar-refractivity contribution in [3.05, 3.63) is 0 Å². The summed E-state index contributed by atoms with van der Waals surface area (Å²) in [5.41, 5.74) is 0. The van der Waals surface area contributed by atoms with Gasteiger partial charge in [0.1, 0.15) is 0 Å². The second-order valence-electron chi connectivity index (χ2n) is 6.20. The summed E-state index contributed by atoms with van der Waals surface area (Å²) in [4.78, 5) is 16.9. The molecule has 0 aliphatic carbocycles. The molecule has 0 radical (unpaired) electrons. The third kappa shape index (κ3) is 3.91. The van der Waals surface area contributed by atoms with Gasteiger partial charge in [0.05, 0.1) is 6.04 Å². The number of carbonyl (C=O) groups excluding carboxylic acids is 1. The maximum Gasteiger partial charge on any atom is 0.237 e. The second kappa shape index (κ2) is 6.68. The third-order valence-electron chi connectivity index (χ3n) is 4.24. The van der Waals surface area contributed by atoms with Crippen LogP contribution in [0, 0.1) is 5.92 Å². The van der Waals surface area contributed by atoms with E-state index in [0.29, 0.717) is 5.92 Å². The average Bonchev–Trinajstić information content (AvgIpc) is 2.34. The zero-order chi connectivity index (χ0) is 13.8. The number of nitrogens with one attached hydrogen (secondary N) is 2. The van der Waals surface area contributed by atoms with Crippen molar-refractivity contribution in [3.8, 4) is 0 Å². The highest BCUT2D eigenvalue weighted by Gasteiger charge is 2.30. The lowest BCUT2D eigenvalue weighted by molar-refractivity contribution is -0.126. The minimum Gasteiger partial charge on any atom is -0.354 e. The molecular formula is C14H28N4O. The highest BCUT2D eigenvalue weighted by atomic mass is 16.2. The van der Waals surface area contributed by atoms with Gasteiger partial charge in [-0.1, -0.05) is 13.8 Å². The number of carbonyl (C=O) groups is 1. The molecule has 1 unspecified atom stereocenters. The quantitative estimate of drug-likeness (QED) is 0.721. The Morgan fingerprint density at radius 3 is 2.32 bits per heavy atom. The van der Waals surface area contributed by atoms with Crippen LogP contribution in [0.5, 0.6) is 0 Å². The fourth-order valence-corrected chi connectivity index (χ4v) is 2.64. The number of hydrogen-bond donors (Lipinski definition) is 2. The van der Waals surface area contributed by atoms with Crippen LogP contribution in [0.2, 0.25) is 0 Å². The minimum atomic E-state index is 0.000385. The van der Waals surface area contributed by atoms with E-state index >= 15 is 0 Å². The normalized spacial score (nSPS) is 24.2. The first-order valence-electron chi connectivity index (χ1n) is 7.54. The topological polar surface area (TPSA) is 47.6 Å². The maximum absolute atomic E-state index is 12.1. The summed E-state index contributed by atoms with van der Waals surface area (Å²) < 4.78 is 0. The number of amides is 1. The third-order valence-corrected chi connectivity index (χ3v) is 4.24. The van der Waals surface area contributed by atoms with Crippen molar-refractivity contribution in [2.45, 2.75) is 32.9 Å². The smallest absolute Gasteiger partial charge is 0.237 e. The zero-order valence-electron chi connectivity index (χ0n) is 12.5. The summed E-state index contributed by atoms with van der Waals surface area (Å²) in [6.07, 6.45) is 0. The van der Waals surface area contributed by atoms with Crippen molar-refractivity contribution in [1.82, 2.24) is 20.4 Å². The van der Waals surface area contributed by atoms with Gasteiger partial charge < -0.3 is 10.6 Å². The second-order valence-corrected chi connectivity index (χ2v) is 6.20. The molecule has 110 valence electrons. The molecule has 2 heterocycles. The van der Waals surface area contributed by atoms with Crippen molar-refractivity contribution in [2.75, 3.05) is 45.8 Å². The van der Waals surface area contributed by atoms with Crippen molar-refractivity contribution in [3.63, 3.8) is 0 Å².